The summed E-state index contributed by atoms with van der Waals surface area (Å²) in [6.07, 6.45) is 5.80. The second kappa shape index (κ2) is 7.41. The Hall–Kier alpha value is -3.23. The number of ether oxygens (including phenoxy) is 1. The molecule has 28 heavy (non-hydrogen) atoms. The second-order valence-corrected chi connectivity index (χ2v) is 7.02. The maximum Gasteiger partial charge on any atom is 0.290 e. The van der Waals surface area contributed by atoms with Gasteiger partial charge in [-0.05, 0) is 18.6 Å². The van der Waals surface area contributed by atoms with Gasteiger partial charge in [-0.1, -0.05) is 0 Å². The molecule has 0 spiro atoms. The van der Waals surface area contributed by atoms with Gasteiger partial charge in [0.1, 0.15) is 11.5 Å². The number of anilines is 1. The van der Waals surface area contributed by atoms with Gasteiger partial charge in [0, 0.05) is 56.0 Å². The lowest BCUT2D eigenvalue weighted by Gasteiger charge is -2.10. The van der Waals surface area contributed by atoms with Crippen LogP contribution in [0.15, 0.2) is 41.6 Å². The molecule has 9 heteroatoms. The number of hydrogen-bond donors (Lipinski definition) is 1. The van der Waals surface area contributed by atoms with Crippen molar-refractivity contribution in [2.45, 2.75) is 18.9 Å². The van der Waals surface area contributed by atoms with Crippen molar-refractivity contribution in [3.63, 3.8) is 0 Å². The van der Waals surface area contributed by atoms with Gasteiger partial charge in [0.15, 0.2) is 0 Å². The average molecular weight is 384 g/mol. The van der Waals surface area contributed by atoms with E-state index < -0.39 is 0 Å². The third-order valence-corrected chi connectivity index (χ3v) is 4.78. The molecule has 0 radical (unpaired) electrons. The first-order valence-electron chi connectivity index (χ1n) is 9.03. The Morgan fingerprint density at radius 1 is 1.32 bits per heavy atom. The van der Waals surface area contributed by atoms with Crippen molar-refractivity contribution >= 4 is 5.69 Å². The van der Waals surface area contributed by atoms with Gasteiger partial charge in [-0.25, -0.2) is 9.07 Å². The molecule has 1 N–H and O–H groups in total. The highest BCUT2D eigenvalue weighted by Gasteiger charge is 2.40. The summed E-state index contributed by atoms with van der Waals surface area (Å²) in [5.74, 6) is 0.631. The lowest BCUT2D eigenvalue weighted by molar-refractivity contribution is 0.278. The molecule has 1 fully saturated rings. The third-order valence-electron chi connectivity index (χ3n) is 4.78. The van der Waals surface area contributed by atoms with E-state index in [0.29, 0.717) is 30.6 Å². The maximum absolute atomic E-state index is 13.0. The van der Waals surface area contributed by atoms with Crippen LogP contribution in [0.3, 0.4) is 0 Å². The van der Waals surface area contributed by atoms with E-state index in [0.717, 1.165) is 17.7 Å². The van der Waals surface area contributed by atoms with E-state index in [1.54, 1.807) is 30.1 Å². The Bertz CT molecular complexity index is 1030. The Labute approximate surface area is 161 Å². The SMILES string of the molecule is Cn1cc(CNc2cc(OCC3C[C@H]3c3ccc(F)cn3)nn(C)c2=O)cn1. The molecule has 3 heterocycles. The molecule has 1 aliphatic carbocycles. The van der Waals surface area contributed by atoms with Gasteiger partial charge < -0.3 is 10.1 Å². The number of hydrogen-bond acceptors (Lipinski definition) is 6. The average Bonchev–Trinajstić information content (AvgIpc) is 3.34. The molecular weight excluding hydrogens is 363 g/mol. The third kappa shape index (κ3) is 4.03. The molecule has 0 amide bonds. The molecule has 0 aliphatic heterocycles. The zero-order valence-electron chi connectivity index (χ0n) is 15.7. The molecule has 0 saturated heterocycles. The molecule has 2 atom stereocenters. The number of aryl methyl sites for hydroxylation is 2. The van der Waals surface area contributed by atoms with Crippen LogP contribution in [0.25, 0.3) is 0 Å². The smallest absolute Gasteiger partial charge is 0.290 e. The summed E-state index contributed by atoms with van der Waals surface area (Å²) in [6.45, 7) is 0.949. The monoisotopic (exact) mass is 384 g/mol. The van der Waals surface area contributed by atoms with Crippen molar-refractivity contribution < 1.29 is 9.13 Å². The second-order valence-electron chi connectivity index (χ2n) is 7.02. The summed E-state index contributed by atoms with van der Waals surface area (Å²) in [7, 11) is 3.43. The molecule has 3 aromatic heterocycles. The minimum atomic E-state index is -0.335. The summed E-state index contributed by atoms with van der Waals surface area (Å²) in [5.41, 5.74) is 2.04. The van der Waals surface area contributed by atoms with Crippen LogP contribution in [-0.4, -0.2) is 31.2 Å². The minimum Gasteiger partial charge on any atom is -0.476 e. The number of nitrogens with one attached hydrogen (secondary N) is 1. The topological polar surface area (TPSA) is 86.9 Å². The number of nitrogens with zero attached hydrogens (tertiary/aromatic N) is 5. The van der Waals surface area contributed by atoms with Crippen LogP contribution in [0.5, 0.6) is 5.88 Å². The summed E-state index contributed by atoms with van der Waals surface area (Å²) in [5, 5.41) is 11.4. The quantitative estimate of drug-likeness (QED) is 0.669. The molecule has 1 saturated carbocycles. The standard InChI is InChI=1S/C19H21FN6O2/c1-25-10-12(8-23-25)7-21-17-6-18(24-26(2)19(17)27)28-11-13-5-15(13)16-4-3-14(20)9-22-16/h3-4,6,8-10,13,15,21H,5,7,11H2,1-2H3/t13?,15-/m1/s1. The zero-order valence-corrected chi connectivity index (χ0v) is 15.7. The maximum atomic E-state index is 13.0. The van der Waals surface area contributed by atoms with Crippen molar-refractivity contribution in [3.05, 3.63) is 64.2 Å². The normalized spacial score (nSPS) is 18.1. The number of halogens is 1. The van der Waals surface area contributed by atoms with Crippen molar-refractivity contribution in [3.8, 4) is 5.88 Å². The first-order chi connectivity index (χ1) is 13.5. The van der Waals surface area contributed by atoms with Gasteiger partial charge >= 0.3 is 0 Å². The van der Waals surface area contributed by atoms with E-state index in [9.17, 15) is 9.18 Å². The van der Waals surface area contributed by atoms with Gasteiger partial charge in [0.25, 0.3) is 5.56 Å². The van der Waals surface area contributed by atoms with Gasteiger partial charge in [-0.3, -0.25) is 14.5 Å². The Morgan fingerprint density at radius 3 is 2.89 bits per heavy atom. The highest BCUT2D eigenvalue weighted by Crippen LogP contribution is 2.46. The van der Waals surface area contributed by atoms with Crippen molar-refractivity contribution in [1.82, 2.24) is 24.5 Å². The van der Waals surface area contributed by atoms with Gasteiger partial charge in [0.2, 0.25) is 5.88 Å². The summed E-state index contributed by atoms with van der Waals surface area (Å²) in [4.78, 5) is 16.4. The molecule has 3 aromatic rings. The van der Waals surface area contributed by atoms with Gasteiger partial charge in [0.05, 0.1) is 19.0 Å². The fourth-order valence-electron chi connectivity index (χ4n) is 3.13. The molecule has 146 valence electrons. The molecular formula is C19H21FN6O2. The number of rotatable bonds is 7. The minimum absolute atomic E-state index is 0.226. The summed E-state index contributed by atoms with van der Waals surface area (Å²) < 4.78 is 21.8. The van der Waals surface area contributed by atoms with E-state index in [-0.39, 0.29) is 17.3 Å². The first kappa shape index (κ1) is 18.1. The van der Waals surface area contributed by atoms with E-state index >= 15 is 0 Å². The molecule has 8 nitrogen and oxygen atoms in total. The van der Waals surface area contributed by atoms with Crippen LogP contribution < -0.4 is 15.6 Å². The molecule has 0 bridgehead atoms. The van der Waals surface area contributed by atoms with Crippen LogP contribution >= 0.6 is 0 Å². The highest BCUT2D eigenvalue weighted by molar-refractivity contribution is 5.43. The largest absolute Gasteiger partial charge is 0.476 e. The lowest BCUT2D eigenvalue weighted by atomic mass is 10.2. The predicted molar refractivity (Wildman–Crippen MR) is 101 cm³/mol. The molecule has 4 rings (SSSR count). The van der Waals surface area contributed by atoms with Crippen LogP contribution in [-0.2, 0) is 20.6 Å². The molecule has 0 aromatic carbocycles. The Balaban J connectivity index is 1.37. The van der Waals surface area contributed by atoms with E-state index in [4.69, 9.17) is 4.74 Å². The van der Waals surface area contributed by atoms with Gasteiger partial charge in [-0.15, -0.1) is 5.10 Å². The van der Waals surface area contributed by atoms with Crippen LogP contribution in [0, 0.1) is 11.7 Å². The summed E-state index contributed by atoms with van der Waals surface area (Å²) >= 11 is 0. The predicted octanol–water partition coefficient (Wildman–Crippen LogP) is 1.84. The number of pyridine rings is 1. The van der Waals surface area contributed by atoms with Crippen LogP contribution in [0.2, 0.25) is 0 Å². The summed E-state index contributed by atoms with van der Waals surface area (Å²) in [6, 6.07) is 4.75. The lowest BCUT2D eigenvalue weighted by Crippen LogP contribution is -2.24. The van der Waals surface area contributed by atoms with Gasteiger partial charge in [-0.2, -0.15) is 5.10 Å². The Kier molecular flexibility index (Phi) is 4.81. The van der Waals surface area contributed by atoms with Crippen molar-refractivity contribution in [1.29, 1.82) is 0 Å². The fourth-order valence-corrected chi connectivity index (χ4v) is 3.13. The van der Waals surface area contributed by atoms with E-state index in [2.05, 4.69) is 20.5 Å². The van der Waals surface area contributed by atoms with E-state index in [1.165, 1.54) is 16.9 Å². The molecule has 1 aliphatic rings. The molecule has 1 unspecified atom stereocenters. The number of aromatic nitrogens is 5. The fraction of sp³-hybridized carbons (Fsp3) is 0.368. The van der Waals surface area contributed by atoms with E-state index in [1.807, 2.05) is 13.2 Å². The Morgan fingerprint density at radius 2 is 2.18 bits per heavy atom. The van der Waals surface area contributed by atoms with Crippen molar-refractivity contribution in [2.24, 2.45) is 20.0 Å². The first-order valence-corrected chi connectivity index (χ1v) is 9.03. The zero-order chi connectivity index (χ0) is 19.7. The highest BCUT2D eigenvalue weighted by atomic mass is 19.1. The van der Waals surface area contributed by atoms with Crippen molar-refractivity contribution in [2.75, 3.05) is 11.9 Å². The van der Waals surface area contributed by atoms with Crippen LogP contribution in [0.1, 0.15) is 23.6 Å². The van der Waals surface area contributed by atoms with Crippen LogP contribution in [0.4, 0.5) is 10.1 Å².